The summed E-state index contributed by atoms with van der Waals surface area (Å²) in [5, 5.41) is 8.64. The van der Waals surface area contributed by atoms with Crippen LogP contribution in [-0.2, 0) is 4.79 Å². The molecule has 0 fully saturated rings. The van der Waals surface area contributed by atoms with E-state index in [9.17, 15) is 4.79 Å². The van der Waals surface area contributed by atoms with Crippen molar-refractivity contribution in [2.45, 2.75) is 39.0 Å². The predicted octanol–water partition coefficient (Wildman–Crippen LogP) is 1.09. The molecule has 0 aromatic heterocycles. The van der Waals surface area contributed by atoms with Crippen molar-refractivity contribution in [3.05, 3.63) is 0 Å². The average molecular weight is 187 g/mol. The molecule has 0 radical (unpaired) electrons. The van der Waals surface area contributed by atoms with Gasteiger partial charge in [0.1, 0.15) is 5.78 Å². The zero-order valence-corrected chi connectivity index (χ0v) is 8.46. The monoisotopic (exact) mass is 187 g/mol. The van der Waals surface area contributed by atoms with Gasteiger partial charge in [0.2, 0.25) is 0 Å². The molecule has 0 heterocycles. The second kappa shape index (κ2) is 8.20. The first kappa shape index (κ1) is 12.6. The number of rotatable bonds is 8. The molecule has 0 unspecified atom stereocenters. The second-order valence-corrected chi connectivity index (χ2v) is 3.46. The SMILES string of the molecule is CC(=O)[C@@H](CCCO)CCCCN. The number of nitrogens with two attached hydrogens (primary N) is 1. The highest BCUT2D eigenvalue weighted by Gasteiger charge is 2.12. The van der Waals surface area contributed by atoms with Crippen molar-refractivity contribution in [1.82, 2.24) is 0 Å². The van der Waals surface area contributed by atoms with Crippen LogP contribution in [0, 0.1) is 5.92 Å². The molecule has 0 amide bonds. The molecule has 0 aromatic rings. The summed E-state index contributed by atoms with van der Waals surface area (Å²) in [6.45, 7) is 2.51. The molecular formula is C10H21NO2. The number of ketones is 1. The fourth-order valence-electron chi connectivity index (χ4n) is 1.42. The Labute approximate surface area is 80.3 Å². The van der Waals surface area contributed by atoms with Gasteiger partial charge >= 0.3 is 0 Å². The molecule has 0 spiro atoms. The molecule has 0 aromatic carbocycles. The molecule has 0 saturated carbocycles. The molecule has 0 rings (SSSR count). The summed E-state index contributed by atoms with van der Waals surface area (Å²) in [4.78, 5) is 11.1. The predicted molar refractivity (Wildman–Crippen MR) is 53.4 cm³/mol. The highest BCUT2D eigenvalue weighted by molar-refractivity contribution is 5.78. The van der Waals surface area contributed by atoms with E-state index in [1.807, 2.05) is 0 Å². The van der Waals surface area contributed by atoms with Crippen LogP contribution in [0.3, 0.4) is 0 Å². The van der Waals surface area contributed by atoms with Crippen molar-refractivity contribution >= 4 is 5.78 Å². The third kappa shape index (κ3) is 6.72. The minimum absolute atomic E-state index is 0.138. The van der Waals surface area contributed by atoms with Crippen LogP contribution in [0.2, 0.25) is 0 Å². The van der Waals surface area contributed by atoms with Crippen molar-refractivity contribution in [3.63, 3.8) is 0 Å². The molecule has 3 heteroatoms. The smallest absolute Gasteiger partial charge is 0.132 e. The summed E-state index contributed by atoms with van der Waals surface area (Å²) in [7, 11) is 0. The van der Waals surface area contributed by atoms with E-state index in [1.54, 1.807) is 6.92 Å². The van der Waals surface area contributed by atoms with E-state index in [-0.39, 0.29) is 18.3 Å². The zero-order chi connectivity index (χ0) is 10.1. The van der Waals surface area contributed by atoms with Crippen LogP contribution in [0.4, 0.5) is 0 Å². The van der Waals surface area contributed by atoms with Crippen LogP contribution in [0.1, 0.15) is 39.0 Å². The van der Waals surface area contributed by atoms with Gasteiger partial charge in [-0.3, -0.25) is 4.79 Å². The van der Waals surface area contributed by atoms with Gasteiger partial charge in [-0.05, 0) is 39.2 Å². The Kier molecular flexibility index (Phi) is 7.94. The Morgan fingerprint density at radius 2 is 1.92 bits per heavy atom. The summed E-state index contributed by atoms with van der Waals surface area (Å²) in [6.07, 6.45) is 4.48. The number of carbonyl (C=O) groups excluding carboxylic acids is 1. The van der Waals surface area contributed by atoms with Crippen LogP contribution in [-0.4, -0.2) is 24.0 Å². The molecule has 13 heavy (non-hydrogen) atoms. The number of hydrogen-bond donors (Lipinski definition) is 2. The Balaban J connectivity index is 3.61. The lowest BCUT2D eigenvalue weighted by atomic mass is 9.93. The molecule has 0 saturated heterocycles. The quantitative estimate of drug-likeness (QED) is 0.559. The highest BCUT2D eigenvalue weighted by atomic mass is 16.2. The molecule has 0 bridgehead atoms. The van der Waals surface area contributed by atoms with Gasteiger partial charge in [0, 0.05) is 12.5 Å². The first-order chi connectivity index (χ1) is 6.22. The molecule has 78 valence electrons. The van der Waals surface area contributed by atoms with Crippen molar-refractivity contribution in [2.24, 2.45) is 11.7 Å². The number of carbonyl (C=O) groups is 1. The molecule has 0 aliphatic carbocycles. The van der Waals surface area contributed by atoms with Crippen LogP contribution in [0.25, 0.3) is 0 Å². The summed E-state index contributed by atoms with van der Waals surface area (Å²) in [5.74, 6) is 0.379. The Bertz CT molecular complexity index is 137. The van der Waals surface area contributed by atoms with E-state index in [2.05, 4.69) is 0 Å². The average Bonchev–Trinajstić information content (AvgIpc) is 2.10. The topological polar surface area (TPSA) is 63.3 Å². The van der Waals surface area contributed by atoms with E-state index in [4.69, 9.17) is 10.8 Å². The third-order valence-corrected chi connectivity index (χ3v) is 2.29. The van der Waals surface area contributed by atoms with Gasteiger partial charge in [0.25, 0.3) is 0 Å². The lowest BCUT2D eigenvalue weighted by molar-refractivity contribution is -0.121. The fraction of sp³-hybridized carbons (Fsp3) is 0.900. The van der Waals surface area contributed by atoms with Crippen LogP contribution in [0.5, 0.6) is 0 Å². The fourth-order valence-corrected chi connectivity index (χ4v) is 1.42. The summed E-state index contributed by atoms with van der Waals surface area (Å²) in [6, 6.07) is 0. The number of Topliss-reactive ketones (excluding diaryl/α,β-unsaturated/α-hetero) is 1. The van der Waals surface area contributed by atoms with Crippen molar-refractivity contribution in [2.75, 3.05) is 13.2 Å². The maximum atomic E-state index is 11.1. The van der Waals surface area contributed by atoms with E-state index in [1.165, 1.54) is 0 Å². The van der Waals surface area contributed by atoms with E-state index in [0.29, 0.717) is 6.54 Å². The third-order valence-electron chi connectivity index (χ3n) is 2.29. The number of unbranched alkanes of at least 4 members (excludes halogenated alkanes) is 1. The first-order valence-electron chi connectivity index (χ1n) is 5.03. The minimum atomic E-state index is 0.138. The van der Waals surface area contributed by atoms with Crippen molar-refractivity contribution in [1.29, 1.82) is 0 Å². The lowest BCUT2D eigenvalue weighted by Crippen LogP contribution is -2.12. The molecule has 3 nitrogen and oxygen atoms in total. The molecule has 3 N–H and O–H groups in total. The second-order valence-electron chi connectivity index (χ2n) is 3.46. The maximum Gasteiger partial charge on any atom is 0.132 e. The first-order valence-corrected chi connectivity index (χ1v) is 5.03. The van der Waals surface area contributed by atoms with E-state index < -0.39 is 0 Å². The van der Waals surface area contributed by atoms with Gasteiger partial charge in [-0.25, -0.2) is 0 Å². The standard InChI is InChI=1S/C10H21NO2/c1-9(13)10(6-4-8-12)5-2-3-7-11/h10,12H,2-8,11H2,1H3/t10-/m1/s1. The summed E-state index contributed by atoms with van der Waals surface area (Å²) in [5.41, 5.74) is 5.37. The Hall–Kier alpha value is -0.410. The Morgan fingerprint density at radius 3 is 2.38 bits per heavy atom. The van der Waals surface area contributed by atoms with Gasteiger partial charge in [0.15, 0.2) is 0 Å². The van der Waals surface area contributed by atoms with E-state index >= 15 is 0 Å². The molecule has 1 atom stereocenters. The zero-order valence-electron chi connectivity index (χ0n) is 8.46. The molecule has 0 aliphatic rings. The van der Waals surface area contributed by atoms with Gasteiger partial charge in [-0.1, -0.05) is 6.42 Å². The highest BCUT2D eigenvalue weighted by Crippen LogP contribution is 2.15. The summed E-state index contributed by atoms with van der Waals surface area (Å²) >= 11 is 0. The summed E-state index contributed by atoms with van der Waals surface area (Å²) < 4.78 is 0. The van der Waals surface area contributed by atoms with Gasteiger partial charge < -0.3 is 10.8 Å². The van der Waals surface area contributed by atoms with Gasteiger partial charge in [0.05, 0.1) is 0 Å². The number of hydrogen-bond acceptors (Lipinski definition) is 3. The Morgan fingerprint density at radius 1 is 1.31 bits per heavy atom. The van der Waals surface area contributed by atoms with Crippen LogP contribution >= 0.6 is 0 Å². The van der Waals surface area contributed by atoms with Gasteiger partial charge in [-0.2, -0.15) is 0 Å². The molecular weight excluding hydrogens is 166 g/mol. The lowest BCUT2D eigenvalue weighted by Gasteiger charge is -2.12. The van der Waals surface area contributed by atoms with Crippen molar-refractivity contribution < 1.29 is 9.90 Å². The molecule has 0 aliphatic heterocycles. The minimum Gasteiger partial charge on any atom is -0.396 e. The van der Waals surface area contributed by atoms with Crippen LogP contribution < -0.4 is 5.73 Å². The van der Waals surface area contributed by atoms with Crippen LogP contribution in [0.15, 0.2) is 0 Å². The normalized spacial score (nSPS) is 12.8. The van der Waals surface area contributed by atoms with E-state index in [0.717, 1.165) is 32.1 Å². The van der Waals surface area contributed by atoms with Crippen molar-refractivity contribution in [3.8, 4) is 0 Å². The number of aliphatic hydroxyl groups is 1. The maximum absolute atomic E-state index is 11.1. The number of aliphatic hydroxyl groups excluding tert-OH is 1. The van der Waals surface area contributed by atoms with Gasteiger partial charge in [-0.15, -0.1) is 0 Å². The largest absolute Gasteiger partial charge is 0.396 e.